The molecule has 3 aromatic rings. The number of anilines is 1. The number of carbonyl (C=O) groups is 1. The maximum atomic E-state index is 13.0. The molecule has 4 nitrogen and oxygen atoms in total. The van der Waals surface area contributed by atoms with Gasteiger partial charge in [0, 0.05) is 25.0 Å². The zero-order chi connectivity index (χ0) is 17.2. The largest absolute Gasteiger partial charge is 0.346 e. The van der Waals surface area contributed by atoms with Gasteiger partial charge in [-0.2, -0.15) is 0 Å². The van der Waals surface area contributed by atoms with Crippen LogP contribution >= 0.6 is 0 Å². The Labute approximate surface area is 145 Å². The maximum absolute atomic E-state index is 13.0. The van der Waals surface area contributed by atoms with Crippen molar-refractivity contribution in [2.75, 3.05) is 24.5 Å². The summed E-state index contributed by atoms with van der Waals surface area (Å²) in [6.45, 7) is 2.19. The normalized spacial score (nSPS) is 15.0. The molecule has 0 saturated carbocycles. The molecule has 126 valence electrons. The summed E-state index contributed by atoms with van der Waals surface area (Å²) in [5, 5.41) is 1.09. The van der Waals surface area contributed by atoms with Gasteiger partial charge in [0.1, 0.15) is 11.6 Å². The number of aromatic nitrogens is 1. The number of para-hydroxylation sites is 1. The second kappa shape index (κ2) is 6.51. The molecule has 25 heavy (non-hydrogen) atoms. The molecule has 0 spiro atoms. The summed E-state index contributed by atoms with van der Waals surface area (Å²) in [6.07, 6.45) is 0. The number of piperazine rings is 1. The summed E-state index contributed by atoms with van der Waals surface area (Å²) in [5.41, 5.74) is 1.87. The number of carbonyl (C=O) groups excluding carboxylic acids is 1. The van der Waals surface area contributed by atoms with E-state index in [1.54, 1.807) is 12.1 Å². The first-order valence-corrected chi connectivity index (χ1v) is 8.32. The predicted molar refractivity (Wildman–Crippen MR) is 95.8 cm³/mol. The Morgan fingerprint density at radius 3 is 2.56 bits per heavy atom. The molecule has 1 aliphatic heterocycles. The molecule has 4 rings (SSSR count). The van der Waals surface area contributed by atoms with Crippen molar-refractivity contribution in [3.05, 3.63) is 72.0 Å². The number of fused-ring (bicyclic) bond motifs is 1. The van der Waals surface area contributed by atoms with Crippen LogP contribution < -0.4 is 4.90 Å². The maximum Gasteiger partial charge on any atom is 0.242 e. The predicted octanol–water partition coefficient (Wildman–Crippen LogP) is 3.22. The van der Waals surface area contributed by atoms with E-state index in [2.05, 4.69) is 4.98 Å². The summed E-state index contributed by atoms with van der Waals surface area (Å²) >= 11 is 0. The lowest BCUT2D eigenvalue weighted by atomic mass is 10.2. The van der Waals surface area contributed by atoms with Crippen LogP contribution in [0, 0.1) is 5.82 Å². The van der Waals surface area contributed by atoms with E-state index in [1.807, 2.05) is 46.2 Å². The van der Waals surface area contributed by atoms with Gasteiger partial charge in [0.15, 0.2) is 0 Å². The number of benzene rings is 2. The first-order chi connectivity index (χ1) is 12.2. The van der Waals surface area contributed by atoms with E-state index in [0.717, 1.165) is 28.8 Å². The van der Waals surface area contributed by atoms with Crippen molar-refractivity contribution in [1.29, 1.82) is 0 Å². The zero-order valence-electron chi connectivity index (χ0n) is 13.7. The van der Waals surface area contributed by atoms with E-state index in [-0.39, 0.29) is 11.7 Å². The van der Waals surface area contributed by atoms with Gasteiger partial charge in [0.25, 0.3) is 0 Å². The Kier molecular flexibility index (Phi) is 4.06. The summed E-state index contributed by atoms with van der Waals surface area (Å²) in [6, 6.07) is 18.2. The summed E-state index contributed by atoms with van der Waals surface area (Å²) < 4.78 is 13.0. The lowest BCUT2D eigenvalue weighted by molar-refractivity contribution is -0.131. The smallest absolute Gasteiger partial charge is 0.242 e. The molecule has 0 bridgehead atoms. The van der Waals surface area contributed by atoms with Crippen LogP contribution in [0.1, 0.15) is 5.56 Å². The minimum atomic E-state index is -0.262. The van der Waals surface area contributed by atoms with E-state index in [0.29, 0.717) is 19.6 Å². The summed E-state index contributed by atoms with van der Waals surface area (Å²) in [4.78, 5) is 21.0. The molecule has 0 aliphatic carbocycles. The highest BCUT2D eigenvalue weighted by Crippen LogP contribution is 2.20. The van der Waals surface area contributed by atoms with Crippen molar-refractivity contribution in [2.24, 2.45) is 0 Å². The van der Waals surface area contributed by atoms with Gasteiger partial charge in [-0.3, -0.25) is 4.79 Å². The summed E-state index contributed by atoms with van der Waals surface area (Å²) in [5.74, 6) is 0.626. The standard InChI is InChI=1S/C20H18FN3O/c21-17-8-5-15(6-9-17)13-24-12-11-23(14-20(24)25)19-10-7-16-3-1-2-4-18(16)22-19/h1-10H,11-14H2. The SMILES string of the molecule is O=C1CN(c2ccc3ccccc3n2)CCN1Cc1ccc(F)cc1. The number of pyridine rings is 1. The fourth-order valence-electron chi connectivity index (χ4n) is 3.11. The van der Waals surface area contributed by atoms with Crippen molar-refractivity contribution < 1.29 is 9.18 Å². The second-order valence-electron chi connectivity index (χ2n) is 6.23. The van der Waals surface area contributed by atoms with E-state index < -0.39 is 0 Å². The third-order valence-electron chi connectivity index (χ3n) is 4.51. The van der Waals surface area contributed by atoms with Crippen LogP contribution in [-0.2, 0) is 11.3 Å². The van der Waals surface area contributed by atoms with Crippen molar-refractivity contribution in [2.45, 2.75) is 6.54 Å². The molecular formula is C20H18FN3O. The quantitative estimate of drug-likeness (QED) is 0.737. The van der Waals surface area contributed by atoms with E-state index in [1.165, 1.54) is 12.1 Å². The average Bonchev–Trinajstić information content (AvgIpc) is 2.65. The molecule has 1 amide bonds. The molecule has 0 atom stereocenters. The number of amides is 1. The first-order valence-electron chi connectivity index (χ1n) is 8.32. The molecule has 1 aromatic heterocycles. The lowest BCUT2D eigenvalue weighted by Crippen LogP contribution is -2.50. The lowest BCUT2D eigenvalue weighted by Gasteiger charge is -2.35. The Hall–Kier alpha value is -2.95. The number of nitrogens with zero attached hydrogens (tertiary/aromatic N) is 3. The highest BCUT2D eigenvalue weighted by molar-refractivity contribution is 5.84. The fraction of sp³-hybridized carbons (Fsp3) is 0.200. The van der Waals surface area contributed by atoms with Crippen molar-refractivity contribution in [3.8, 4) is 0 Å². The Morgan fingerprint density at radius 1 is 0.960 bits per heavy atom. The molecule has 1 saturated heterocycles. The minimum absolute atomic E-state index is 0.0607. The molecule has 1 fully saturated rings. The van der Waals surface area contributed by atoms with E-state index in [9.17, 15) is 9.18 Å². The van der Waals surface area contributed by atoms with E-state index >= 15 is 0 Å². The van der Waals surface area contributed by atoms with Crippen LogP contribution in [0.25, 0.3) is 10.9 Å². The number of hydrogen-bond acceptors (Lipinski definition) is 3. The van der Waals surface area contributed by atoms with Gasteiger partial charge in [0.2, 0.25) is 5.91 Å². The van der Waals surface area contributed by atoms with E-state index in [4.69, 9.17) is 0 Å². The average molecular weight is 335 g/mol. The molecule has 1 aliphatic rings. The van der Waals surface area contributed by atoms with Crippen molar-refractivity contribution in [1.82, 2.24) is 9.88 Å². The molecular weight excluding hydrogens is 317 g/mol. The summed E-state index contributed by atoms with van der Waals surface area (Å²) in [7, 11) is 0. The topological polar surface area (TPSA) is 36.4 Å². The van der Waals surface area contributed by atoms with Gasteiger partial charge in [-0.05, 0) is 35.9 Å². The Morgan fingerprint density at radius 2 is 1.76 bits per heavy atom. The molecule has 0 N–H and O–H groups in total. The third-order valence-corrected chi connectivity index (χ3v) is 4.51. The molecule has 2 aromatic carbocycles. The van der Waals surface area contributed by atoms with Gasteiger partial charge in [-0.25, -0.2) is 9.37 Å². The first kappa shape index (κ1) is 15.6. The third kappa shape index (κ3) is 3.31. The van der Waals surface area contributed by atoms with Crippen LogP contribution in [0.2, 0.25) is 0 Å². The molecule has 0 unspecified atom stereocenters. The number of rotatable bonds is 3. The fourth-order valence-corrected chi connectivity index (χ4v) is 3.11. The highest BCUT2D eigenvalue weighted by atomic mass is 19.1. The monoisotopic (exact) mass is 335 g/mol. The number of hydrogen-bond donors (Lipinski definition) is 0. The van der Waals surface area contributed by atoms with Crippen molar-refractivity contribution in [3.63, 3.8) is 0 Å². The highest BCUT2D eigenvalue weighted by Gasteiger charge is 2.24. The van der Waals surface area contributed by atoms with Crippen molar-refractivity contribution >= 4 is 22.6 Å². The van der Waals surface area contributed by atoms with Gasteiger partial charge in [-0.1, -0.05) is 30.3 Å². The minimum Gasteiger partial charge on any atom is -0.346 e. The van der Waals surface area contributed by atoms with Crippen LogP contribution in [0.5, 0.6) is 0 Å². The molecule has 2 heterocycles. The molecule has 0 radical (unpaired) electrons. The van der Waals surface area contributed by atoms with Gasteiger partial charge >= 0.3 is 0 Å². The Bertz CT molecular complexity index is 910. The number of halogens is 1. The van der Waals surface area contributed by atoms with Crippen LogP contribution in [0.4, 0.5) is 10.2 Å². The zero-order valence-corrected chi connectivity index (χ0v) is 13.7. The van der Waals surface area contributed by atoms with Gasteiger partial charge < -0.3 is 9.80 Å². The second-order valence-corrected chi connectivity index (χ2v) is 6.23. The van der Waals surface area contributed by atoms with Crippen LogP contribution in [-0.4, -0.2) is 35.4 Å². The van der Waals surface area contributed by atoms with Crippen LogP contribution in [0.15, 0.2) is 60.7 Å². The Balaban J connectivity index is 1.46. The van der Waals surface area contributed by atoms with Crippen LogP contribution in [0.3, 0.4) is 0 Å². The molecule has 5 heteroatoms. The van der Waals surface area contributed by atoms with Gasteiger partial charge in [0.05, 0.1) is 12.1 Å². The van der Waals surface area contributed by atoms with Gasteiger partial charge in [-0.15, -0.1) is 0 Å².